The highest BCUT2D eigenvalue weighted by Crippen LogP contribution is 2.38. The highest BCUT2D eigenvalue weighted by Gasteiger charge is 2.36. The largest absolute Gasteiger partial charge is 0.465 e. The molecule has 0 aliphatic carbocycles. The Morgan fingerprint density at radius 3 is 2.40 bits per heavy atom. The van der Waals surface area contributed by atoms with E-state index in [9.17, 15) is 22.8 Å². The van der Waals surface area contributed by atoms with Crippen molar-refractivity contribution in [3.05, 3.63) is 69.3 Å². The minimum Gasteiger partial charge on any atom is -0.465 e. The molecule has 9 heteroatoms. The molecular formula is C21H20F3N3O3. The third kappa shape index (κ3) is 4.00. The van der Waals surface area contributed by atoms with Gasteiger partial charge in [-0.1, -0.05) is 0 Å². The lowest BCUT2D eigenvalue weighted by atomic mass is 9.97. The Balaban J connectivity index is 2.09. The Bertz CT molecular complexity index is 1150. The molecule has 6 nitrogen and oxygen atoms in total. The monoisotopic (exact) mass is 419 g/mol. The third-order valence-electron chi connectivity index (χ3n) is 5.03. The van der Waals surface area contributed by atoms with Crippen molar-refractivity contribution in [3.63, 3.8) is 0 Å². The van der Waals surface area contributed by atoms with Crippen LogP contribution in [0, 0.1) is 6.92 Å². The Hall–Kier alpha value is -3.36. The van der Waals surface area contributed by atoms with Gasteiger partial charge in [0.2, 0.25) is 0 Å². The van der Waals surface area contributed by atoms with Gasteiger partial charge in [-0.15, -0.1) is 0 Å². The van der Waals surface area contributed by atoms with Crippen molar-refractivity contribution < 1.29 is 22.7 Å². The van der Waals surface area contributed by atoms with Crippen LogP contribution in [-0.2, 0) is 10.9 Å². The molecule has 1 aromatic heterocycles. The molecule has 0 aliphatic heterocycles. The van der Waals surface area contributed by atoms with Crippen molar-refractivity contribution in [3.8, 4) is 0 Å². The molecule has 0 saturated carbocycles. The van der Waals surface area contributed by atoms with Crippen molar-refractivity contribution in [1.29, 1.82) is 0 Å². The normalized spacial score (nSPS) is 12.6. The number of methoxy groups -OCH3 is 1. The smallest absolute Gasteiger partial charge is 0.416 e. The molecule has 0 radical (unpaired) electrons. The number of benzene rings is 2. The van der Waals surface area contributed by atoms with Crippen molar-refractivity contribution >= 4 is 22.6 Å². The predicted octanol–water partition coefficient (Wildman–Crippen LogP) is 4.23. The fourth-order valence-electron chi connectivity index (χ4n) is 3.29. The minimum atomic E-state index is -4.62. The van der Waals surface area contributed by atoms with Gasteiger partial charge >= 0.3 is 12.1 Å². The number of fused-ring (bicyclic) bond motifs is 1. The third-order valence-corrected chi connectivity index (χ3v) is 5.03. The van der Waals surface area contributed by atoms with Gasteiger partial charge in [0.15, 0.2) is 0 Å². The number of rotatable bonds is 4. The average Bonchev–Trinajstić information content (AvgIpc) is 2.70. The number of anilines is 1. The van der Waals surface area contributed by atoms with Gasteiger partial charge in [-0.3, -0.25) is 4.79 Å². The molecule has 158 valence electrons. The molecule has 0 spiro atoms. The summed E-state index contributed by atoms with van der Waals surface area (Å²) in [5.41, 5.74) is -0.477. The van der Waals surface area contributed by atoms with Crippen LogP contribution in [0.2, 0.25) is 0 Å². The number of halogens is 3. The molecule has 3 aromatic rings. The lowest BCUT2D eigenvalue weighted by molar-refractivity contribution is -0.138. The number of hydrogen-bond acceptors (Lipinski definition) is 5. The summed E-state index contributed by atoms with van der Waals surface area (Å²) in [5.74, 6) is -0.266. The molecule has 0 bridgehead atoms. The average molecular weight is 419 g/mol. The number of hydrogen-bond donors (Lipinski definition) is 1. The summed E-state index contributed by atoms with van der Waals surface area (Å²) in [7, 11) is 2.90. The Labute approximate surface area is 170 Å². The lowest BCUT2D eigenvalue weighted by Gasteiger charge is -2.29. The van der Waals surface area contributed by atoms with Crippen LogP contribution in [-0.4, -0.2) is 30.1 Å². The van der Waals surface area contributed by atoms with E-state index in [4.69, 9.17) is 0 Å². The molecule has 3 rings (SSSR count). The van der Waals surface area contributed by atoms with Gasteiger partial charge in [0.1, 0.15) is 5.82 Å². The first-order valence-corrected chi connectivity index (χ1v) is 9.06. The van der Waals surface area contributed by atoms with Crippen LogP contribution in [0.15, 0.2) is 41.2 Å². The predicted molar refractivity (Wildman–Crippen MR) is 107 cm³/mol. The van der Waals surface area contributed by atoms with E-state index in [2.05, 4.69) is 14.7 Å². The number of ether oxygens (including phenoxy) is 1. The lowest BCUT2D eigenvalue weighted by Crippen LogP contribution is -2.25. The molecule has 0 aliphatic rings. The van der Waals surface area contributed by atoms with Crippen LogP contribution >= 0.6 is 0 Å². The van der Waals surface area contributed by atoms with Crippen LogP contribution in [0.4, 0.5) is 18.9 Å². The van der Waals surface area contributed by atoms with Gasteiger partial charge in [-0.2, -0.15) is 13.2 Å². The van der Waals surface area contributed by atoms with Gasteiger partial charge in [0.05, 0.1) is 35.2 Å². The maximum Gasteiger partial charge on any atom is 0.416 e. The fraction of sp³-hybridized carbons (Fsp3) is 0.286. The minimum absolute atomic E-state index is 0.00962. The second kappa shape index (κ2) is 7.81. The number of carbonyl (C=O) groups excluding carboxylic acids is 1. The highest BCUT2D eigenvalue weighted by molar-refractivity contribution is 5.89. The van der Waals surface area contributed by atoms with E-state index in [1.807, 2.05) is 0 Å². The number of nitrogens with one attached hydrogen (secondary N) is 1. The van der Waals surface area contributed by atoms with Gasteiger partial charge in [0.25, 0.3) is 5.56 Å². The van der Waals surface area contributed by atoms with E-state index in [-0.39, 0.29) is 22.3 Å². The number of alkyl halides is 3. The van der Waals surface area contributed by atoms with Crippen molar-refractivity contribution in [2.45, 2.75) is 26.1 Å². The molecule has 0 saturated heterocycles. The number of aromatic amines is 1. The number of nitrogens with zero attached hydrogens (tertiary/aromatic N) is 2. The topological polar surface area (TPSA) is 75.3 Å². The Kier molecular flexibility index (Phi) is 5.56. The zero-order valence-electron chi connectivity index (χ0n) is 16.8. The fourth-order valence-corrected chi connectivity index (χ4v) is 3.29. The SMILES string of the molecule is COC(=O)c1ccc(N(C)C(C)c2cc3c(=O)[nH]c(C)nc3cc2C(F)(F)F)cc1. The summed E-state index contributed by atoms with van der Waals surface area (Å²) in [4.78, 5) is 32.0. The number of H-pyrrole nitrogens is 1. The van der Waals surface area contributed by atoms with E-state index in [0.29, 0.717) is 11.3 Å². The van der Waals surface area contributed by atoms with Gasteiger partial charge in [-0.05, 0) is 55.8 Å². The number of aromatic nitrogens is 2. The molecule has 1 N–H and O–H groups in total. The van der Waals surface area contributed by atoms with Crippen molar-refractivity contribution in [2.75, 3.05) is 19.1 Å². The standard InChI is InChI=1S/C21H20F3N3O3/c1-11(27(3)14-7-5-13(6-8-14)20(29)30-4)15-9-16-18(10-17(15)21(22,23)24)25-12(2)26-19(16)28/h5-11H,1-4H3,(H,25,26,28). The number of aryl methyl sites for hydroxylation is 1. The van der Waals surface area contributed by atoms with E-state index < -0.39 is 29.3 Å². The summed E-state index contributed by atoms with van der Waals surface area (Å²) in [5, 5.41) is 0.0879. The first-order chi connectivity index (χ1) is 14.0. The molecule has 1 atom stereocenters. The maximum absolute atomic E-state index is 13.8. The summed E-state index contributed by atoms with van der Waals surface area (Å²) in [6.45, 7) is 3.12. The highest BCUT2D eigenvalue weighted by atomic mass is 19.4. The Morgan fingerprint density at radius 1 is 1.20 bits per heavy atom. The number of esters is 1. The number of carbonyl (C=O) groups is 1. The van der Waals surface area contributed by atoms with E-state index >= 15 is 0 Å². The van der Waals surface area contributed by atoms with E-state index in [1.54, 1.807) is 31.0 Å². The van der Waals surface area contributed by atoms with Crippen LogP contribution in [0.3, 0.4) is 0 Å². The van der Waals surface area contributed by atoms with Crippen LogP contribution in [0.1, 0.15) is 40.3 Å². The van der Waals surface area contributed by atoms with Gasteiger partial charge in [-0.25, -0.2) is 9.78 Å². The van der Waals surface area contributed by atoms with Crippen molar-refractivity contribution in [1.82, 2.24) is 9.97 Å². The van der Waals surface area contributed by atoms with Gasteiger partial charge in [0, 0.05) is 12.7 Å². The molecule has 30 heavy (non-hydrogen) atoms. The van der Waals surface area contributed by atoms with E-state index in [1.165, 1.54) is 32.2 Å². The molecule has 1 heterocycles. The summed E-state index contributed by atoms with van der Waals surface area (Å²) in [6.07, 6.45) is -4.62. The van der Waals surface area contributed by atoms with Gasteiger partial charge < -0.3 is 14.6 Å². The van der Waals surface area contributed by atoms with Crippen LogP contribution in [0.25, 0.3) is 10.9 Å². The van der Waals surface area contributed by atoms with Crippen LogP contribution in [0.5, 0.6) is 0 Å². The Morgan fingerprint density at radius 2 is 1.83 bits per heavy atom. The zero-order valence-corrected chi connectivity index (χ0v) is 16.8. The first-order valence-electron chi connectivity index (χ1n) is 9.06. The van der Waals surface area contributed by atoms with Crippen LogP contribution < -0.4 is 10.5 Å². The summed E-state index contributed by atoms with van der Waals surface area (Å²) in [6, 6.07) is 7.74. The zero-order chi connectivity index (χ0) is 22.2. The van der Waals surface area contributed by atoms with E-state index in [0.717, 1.165) is 6.07 Å². The molecular weight excluding hydrogens is 399 g/mol. The molecule has 1 unspecified atom stereocenters. The quantitative estimate of drug-likeness (QED) is 0.641. The molecule has 0 amide bonds. The second-order valence-electron chi connectivity index (χ2n) is 6.93. The summed E-state index contributed by atoms with van der Waals surface area (Å²) >= 11 is 0. The maximum atomic E-state index is 13.8. The summed E-state index contributed by atoms with van der Waals surface area (Å²) < 4.78 is 46.1. The molecule has 2 aromatic carbocycles. The van der Waals surface area contributed by atoms with Crippen molar-refractivity contribution in [2.24, 2.45) is 0 Å². The molecule has 0 fully saturated rings. The first kappa shape index (κ1) is 21.4. The second-order valence-corrected chi connectivity index (χ2v) is 6.93.